The molecule has 1 aromatic heterocycles. The second kappa shape index (κ2) is 5.70. The number of nitrogen functional groups attached to an aromatic ring is 1. The van der Waals surface area contributed by atoms with Gasteiger partial charge in [0.25, 0.3) is 0 Å². The number of rotatable bonds is 5. The molecule has 0 atom stereocenters. The van der Waals surface area contributed by atoms with E-state index in [1.54, 1.807) is 0 Å². The van der Waals surface area contributed by atoms with Crippen LogP contribution >= 0.6 is 11.8 Å². The Labute approximate surface area is 88.7 Å². The lowest BCUT2D eigenvalue weighted by Crippen LogP contribution is -2.07. The van der Waals surface area contributed by atoms with E-state index < -0.39 is 0 Å². The van der Waals surface area contributed by atoms with Gasteiger partial charge in [-0.1, -0.05) is 0 Å². The third kappa shape index (κ3) is 3.83. The fraction of sp³-hybridized carbons (Fsp3) is 0.556. The number of nitrogens with one attached hydrogen (secondary N) is 1. The predicted octanol–water partition coefficient (Wildman–Crippen LogP) is 1.53. The number of aromatic nitrogens is 2. The molecule has 0 aliphatic heterocycles. The molecule has 1 aromatic rings. The molecule has 0 saturated heterocycles. The van der Waals surface area contributed by atoms with Gasteiger partial charge in [-0.25, -0.2) is 4.98 Å². The third-order valence-corrected chi connectivity index (χ3v) is 2.40. The summed E-state index contributed by atoms with van der Waals surface area (Å²) in [6, 6.07) is 1.90. The first kappa shape index (κ1) is 11.1. The average molecular weight is 212 g/mol. The third-order valence-electron chi connectivity index (χ3n) is 1.70. The van der Waals surface area contributed by atoms with E-state index in [0.29, 0.717) is 5.95 Å². The molecular weight excluding hydrogens is 196 g/mol. The summed E-state index contributed by atoms with van der Waals surface area (Å²) in [6.07, 6.45) is 3.23. The first-order chi connectivity index (χ1) is 6.72. The van der Waals surface area contributed by atoms with E-state index in [1.807, 2.05) is 24.8 Å². The van der Waals surface area contributed by atoms with Crippen molar-refractivity contribution in [2.75, 3.05) is 29.6 Å². The van der Waals surface area contributed by atoms with E-state index >= 15 is 0 Å². The molecule has 14 heavy (non-hydrogen) atoms. The van der Waals surface area contributed by atoms with Crippen LogP contribution in [0.3, 0.4) is 0 Å². The summed E-state index contributed by atoms with van der Waals surface area (Å²) in [5.74, 6) is 2.31. The lowest BCUT2D eigenvalue weighted by atomic mass is 10.4. The predicted molar refractivity (Wildman–Crippen MR) is 62.7 cm³/mol. The van der Waals surface area contributed by atoms with Gasteiger partial charge in [0.2, 0.25) is 5.95 Å². The van der Waals surface area contributed by atoms with E-state index in [9.17, 15) is 0 Å². The molecular formula is C9H16N4S. The highest BCUT2D eigenvalue weighted by atomic mass is 32.2. The minimum absolute atomic E-state index is 0.331. The molecule has 0 amide bonds. The smallest absolute Gasteiger partial charge is 0.222 e. The van der Waals surface area contributed by atoms with Crippen LogP contribution in [0.25, 0.3) is 0 Å². The molecule has 0 bridgehead atoms. The van der Waals surface area contributed by atoms with E-state index in [-0.39, 0.29) is 0 Å². The van der Waals surface area contributed by atoms with Gasteiger partial charge in [0, 0.05) is 18.3 Å². The first-order valence-electron chi connectivity index (χ1n) is 4.56. The molecule has 0 unspecified atom stereocenters. The maximum Gasteiger partial charge on any atom is 0.222 e. The van der Waals surface area contributed by atoms with Gasteiger partial charge < -0.3 is 11.1 Å². The fourth-order valence-corrected chi connectivity index (χ4v) is 1.55. The molecule has 3 N–H and O–H groups in total. The van der Waals surface area contributed by atoms with Gasteiger partial charge in [0.05, 0.1) is 0 Å². The molecule has 0 saturated carbocycles. The number of hydrogen-bond donors (Lipinski definition) is 2. The monoisotopic (exact) mass is 212 g/mol. The summed E-state index contributed by atoms with van der Waals surface area (Å²) in [6.45, 7) is 2.84. The maximum atomic E-state index is 5.52. The molecule has 0 aliphatic carbocycles. The number of hydrogen-bond acceptors (Lipinski definition) is 5. The van der Waals surface area contributed by atoms with Crippen LogP contribution in [0.1, 0.15) is 12.1 Å². The minimum atomic E-state index is 0.331. The van der Waals surface area contributed by atoms with Crippen molar-refractivity contribution in [3.05, 3.63) is 11.8 Å². The molecule has 1 heterocycles. The van der Waals surface area contributed by atoms with Crippen LogP contribution in [-0.2, 0) is 0 Å². The highest BCUT2D eigenvalue weighted by Gasteiger charge is 1.97. The number of aryl methyl sites for hydroxylation is 1. The van der Waals surface area contributed by atoms with Crippen molar-refractivity contribution in [1.82, 2.24) is 9.97 Å². The number of thioether (sulfide) groups is 1. The average Bonchev–Trinajstić information content (AvgIpc) is 2.11. The van der Waals surface area contributed by atoms with Crippen LogP contribution in [-0.4, -0.2) is 28.5 Å². The summed E-state index contributed by atoms with van der Waals surface area (Å²) in [4.78, 5) is 8.08. The van der Waals surface area contributed by atoms with Gasteiger partial charge in [-0.2, -0.15) is 16.7 Å². The van der Waals surface area contributed by atoms with Gasteiger partial charge in [0.15, 0.2) is 0 Å². The highest BCUT2D eigenvalue weighted by Crippen LogP contribution is 2.07. The van der Waals surface area contributed by atoms with E-state index in [4.69, 9.17) is 5.73 Å². The number of anilines is 2. The summed E-state index contributed by atoms with van der Waals surface area (Å²) >= 11 is 1.85. The molecule has 1 rings (SSSR count). The second-order valence-corrected chi connectivity index (χ2v) is 4.01. The Kier molecular flexibility index (Phi) is 4.52. The standard InChI is InChI=1S/C9H16N4S/c1-7-6-8(13-9(10)12-7)11-4-3-5-14-2/h6H,3-5H2,1-2H3,(H3,10,11,12,13). The molecule has 4 nitrogen and oxygen atoms in total. The van der Waals surface area contributed by atoms with E-state index in [0.717, 1.165) is 30.2 Å². The molecule has 78 valence electrons. The van der Waals surface area contributed by atoms with Crippen LogP contribution in [0, 0.1) is 6.92 Å². The van der Waals surface area contributed by atoms with Crippen LogP contribution < -0.4 is 11.1 Å². The minimum Gasteiger partial charge on any atom is -0.370 e. The number of nitrogens with two attached hydrogens (primary N) is 1. The Morgan fingerprint density at radius 2 is 2.29 bits per heavy atom. The summed E-state index contributed by atoms with van der Waals surface area (Å²) < 4.78 is 0. The van der Waals surface area contributed by atoms with E-state index in [2.05, 4.69) is 21.5 Å². The zero-order valence-corrected chi connectivity index (χ0v) is 9.40. The van der Waals surface area contributed by atoms with Crippen LogP contribution in [0.2, 0.25) is 0 Å². The highest BCUT2D eigenvalue weighted by molar-refractivity contribution is 7.98. The topological polar surface area (TPSA) is 63.8 Å². The van der Waals surface area contributed by atoms with Crippen LogP contribution in [0.15, 0.2) is 6.07 Å². The van der Waals surface area contributed by atoms with Crippen molar-refractivity contribution < 1.29 is 0 Å². The second-order valence-electron chi connectivity index (χ2n) is 3.03. The molecule has 0 radical (unpaired) electrons. The zero-order chi connectivity index (χ0) is 10.4. The largest absolute Gasteiger partial charge is 0.370 e. The van der Waals surface area contributed by atoms with Crippen molar-refractivity contribution in [3.8, 4) is 0 Å². The van der Waals surface area contributed by atoms with Gasteiger partial charge in [-0.05, 0) is 25.4 Å². The Balaban J connectivity index is 2.42. The van der Waals surface area contributed by atoms with Crippen molar-refractivity contribution >= 4 is 23.5 Å². The Bertz CT molecular complexity index is 270. The van der Waals surface area contributed by atoms with Gasteiger partial charge in [0.1, 0.15) is 5.82 Å². The quantitative estimate of drug-likeness (QED) is 0.725. The molecule has 0 aliphatic rings. The summed E-state index contributed by atoms with van der Waals surface area (Å²) in [5.41, 5.74) is 6.42. The Morgan fingerprint density at radius 3 is 2.93 bits per heavy atom. The maximum absolute atomic E-state index is 5.52. The van der Waals surface area contributed by atoms with E-state index in [1.165, 1.54) is 0 Å². The normalized spacial score (nSPS) is 10.1. The fourth-order valence-electron chi connectivity index (χ4n) is 1.12. The van der Waals surface area contributed by atoms with Gasteiger partial charge in [-0.15, -0.1) is 0 Å². The Morgan fingerprint density at radius 1 is 1.50 bits per heavy atom. The molecule has 5 heteroatoms. The van der Waals surface area contributed by atoms with Gasteiger partial charge in [-0.3, -0.25) is 0 Å². The Hall–Kier alpha value is -0.970. The first-order valence-corrected chi connectivity index (χ1v) is 5.95. The van der Waals surface area contributed by atoms with Crippen molar-refractivity contribution in [1.29, 1.82) is 0 Å². The molecule has 0 fully saturated rings. The van der Waals surface area contributed by atoms with Crippen LogP contribution in [0.4, 0.5) is 11.8 Å². The molecule has 0 aromatic carbocycles. The SMILES string of the molecule is CSCCCNc1cc(C)nc(N)n1. The van der Waals surface area contributed by atoms with Crippen molar-refractivity contribution in [2.24, 2.45) is 0 Å². The van der Waals surface area contributed by atoms with Crippen LogP contribution in [0.5, 0.6) is 0 Å². The lowest BCUT2D eigenvalue weighted by Gasteiger charge is -2.05. The summed E-state index contributed by atoms with van der Waals surface area (Å²) in [5, 5.41) is 3.22. The van der Waals surface area contributed by atoms with Crippen molar-refractivity contribution in [2.45, 2.75) is 13.3 Å². The zero-order valence-electron chi connectivity index (χ0n) is 8.58. The van der Waals surface area contributed by atoms with Gasteiger partial charge >= 0.3 is 0 Å². The summed E-state index contributed by atoms with van der Waals surface area (Å²) in [7, 11) is 0. The lowest BCUT2D eigenvalue weighted by molar-refractivity contribution is 0.974. The molecule has 0 spiro atoms. The number of nitrogens with zero attached hydrogens (tertiary/aromatic N) is 2. The van der Waals surface area contributed by atoms with Crippen molar-refractivity contribution in [3.63, 3.8) is 0 Å².